The van der Waals surface area contributed by atoms with Crippen LogP contribution in [0, 0.1) is 11.8 Å². The van der Waals surface area contributed by atoms with Crippen LogP contribution in [-0.2, 0) is 4.74 Å². The zero-order valence-electron chi connectivity index (χ0n) is 13.4. The van der Waals surface area contributed by atoms with E-state index in [1.54, 1.807) is 0 Å². The first-order valence-electron chi connectivity index (χ1n) is 8.53. The number of ether oxygens (including phenoxy) is 1. The number of hydrogen-bond donors (Lipinski definition) is 1. The quantitative estimate of drug-likeness (QED) is 0.495. The molecule has 0 aromatic carbocycles. The van der Waals surface area contributed by atoms with E-state index >= 15 is 0 Å². The molecular formula is C17H35NO. The normalized spacial score (nSPS) is 24.6. The van der Waals surface area contributed by atoms with Crippen molar-refractivity contribution >= 4 is 0 Å². The third kappa shape index (κ3) is 8.65. The van der Waals surface area contributed by atoms with Gasteiger partial charge >= 0.3 is 0 Å². The van der Waals surface area contributed by atoms with Crippen LogP contribution < -0.4 is 5.32 Å². The van der Waals surface area contributed by atoms with Crippen molar-refractivity contribution in [3.8, 4) is 0 Å². The Kier molecular flexibility index (Phi) is 9.54. The Morgan fingerprint density at radius 3 is 2.74 bits per heavy atom. The van der Waals surface area contributed by atoms with Crippen LogP contribution in [0.15, 0.2) is 0 Å². The Balaban J connectivity index is 2.00. The second-order valence-electron chi connectivity index (χ2n) is 6.64. The first-order valence-corrected chi connectivity index (χ1v) is 8.53. The van der Waals surface area contributed by atoms with E-state index in [1.807, 2.05) is 0 Å². The number of hydrogen-bond acceptors (Lipinski definition) is 2. The first kappa shape index (κ1) is 17.0. The molecule has 0 aromatic heterocycles. The van der Waals surface area contributed by atoms with Crippen molar-refractivity contribution < 1.29 is 4.74 Å². The zero-order valence-corrected chi connectivity index (χ0v) is 13.4. The Labute approximate surface area is 120 Å². The van der Waals surface area contributed by atoms with Gasteiger partial charge in [-0.25, -0.2) is 0 Å². The maximum absolute atomic E-state index is 5.62. The van der Waals surface area contributed by atoms with E-state index in [2.05, 4.69) is 26.1 Å². The third-order valence-corrected chi connectivity index (χ3v) is 4.13. The summed E-state index contributed by atoms with van der Waals surface area (Å²) in [7, 11) is 0. The fourth-order valence-corrected chi connectivity index (χ4v) is 3.08. The molecule has 1 rings (SSSR count). The van der Waals surface area contributed by atoms with Gasteiger partial charge in [0.15, 0.2) is 0 Å². The average Bonchev–Trinajstić information content (AvgIpc) is 2.59. The Morgan fingerprint density at radius 1 is 1.16 bits per heavy atom. The molecule has 1 aliphatic carbocycles. The molecule has 0 radical (unpaired) electrons. The molecule has 1 saturated carbocycles. The van der Waals surface area contributed by atoms with Crippen LogP contribution in [0.1, 0.15) is 72.1 Å². The van der Waals surface area contributed by atoms with Gasteiger partial charge in [-0.2, -0.15) is 0 Å². The molecule has 0 heterocycles. The van der Waals surface area contributed by atoms with E-state index in [1.165, 1.54) is 44.9 Å². The van der Waals surface area contributed by atoms with Crippen molar-refractivity contribution in [1.82, 2.24) is 5.32 Å². The zero-order chi connectivity index (χ0) is 13.9. The van der Waals surface area contributed by atoms with E-state index in [4.69, 9.17) is 4.74 Å². The monoisotopic (exact) mass is 269 g/mol. The predicted molar refractivity (Wildman–Crippen MR) is 83.5 cm³/mol. The molecule has 0 aliphatic heterocycles. The van der Waals surface area contributed by atoms with Crippen LogP contribution in [0.3, 0.4) is 0 Å². The van der Waals surface area contributed by atoms with Gasteiger partial charge < -0.3 is 10.1 Å². The van der Waals surface area contributed by atoms with Crippen molar-refractivity contribution in [2.75, 3.05) is 19.8 Å². The van der Waals surface area contributed by atoms with Crippen molar-refractivity contribution in [3.63, 3.8) is 0 Å². The lowest BCUT2D eigenvalue weighted by Crippen LogP contribution is -2.30. The predicted octanol–water partition coefficient (Wildman–Crippen LogP) is 4.39. The molecule has 114 valence electrons. The van der Waals surface area contributed by atoms with Crippen molar-refractivity contribution in [2.24, 2.45) is 11.8 Å². The molecule has 1 N–H and O–H groups in total. The smallest absolute Gasteiger partial charge is 0.0489 e. The van der Waals surface area contributed by atoms with E-state index < -0.39 is 0 Å². The third-order valence-electron chi connectivity index (χ3n) is 4.13. The number of rotatable bonds is 9. The van der Waals surface area contributed by atoms with E-state index in [-0.39, 0.29) is 0 Å². The van der Waals surface area contributed by atoms with Gasteiger partial charge in [0.1, 0.15) is 0 Å². The largest absolute Gasteiger partial charge is 0.381 e. The van der Waals surface area contributed by atoms with E-state index in [0.717, 1.165) is 38.1 Å². The Bertz CT molecular complexity index is 205. The summed E-state index contributed by atoms with van der Waals surface area (Å²) in [6.07, 6.45) is 11.0. The highest BCUT2D eigenvalue weighted by atomic mass is 16.5. The fraction of sp³-hybridized carbons (Fsp3) is 1.00. The van der Waals surface area contributed by atoms with Gasteiger partial charge in [0.05, 0.1) is 0 Å². The van der Waals surface area contributed by atoms with Gasteiger partial charge in [-0.1, -0.05) is 46.5 Å². The summed E-state index contributed by atoms with van der Waals surface area (Å²) in [6, 6.07) is 0.770. The molecule has 0 amide bonds. The summed E-state index contributed by atoms with van der Waals surface area (Å²) in [5, 5.41) is 3.73. The molecule has 2 heteroatoms. The average molecular weight is 269 g/mol. The summed E-state index contributed by atoms with van der Waals surface area (Å²) in [6.45, 7) is 9.67. The highest BCUT2D eigenvalue weighted by Gasteiger charge is 2.17. The second kappa shape index (κ2) is 10.7. The molecule has 2 unspecified atom stereocenters. The van der Waals surface area contributed by atoms with Crippen molar-refractivity contribution in [1.29, 1.82) is 0 Å². The maximum Gasteiger partial charge on any atom is 0.0489 e. The SMILES string of the molecule is CCCC1CCCC(NCCCOCC(C)C)CC1. The second-order valence-corrected chi connectivity index (χ2v) is 6.64. The highest BCUT2D eigenvalue weighted by molar-refractivity contribution is 4.74. The van der Waals surface area contributed by atoms with Gasteiger partial charge in [-0.15, -0.1) is 0 Å². The molecule has 2 atom stereocenters. The van der Waals surface area contributed by atoms with Gasteiger partial charge in [-0.3, -0.25) is 0 Å². The first-order chi connectivity index (χ1) is 9.22. The van der Waals surface area contributed by atoms with Crippen molar-refractivity contribution in [2.45, 2.75) is 78.2 Å². The maximum atomic E-state index is 5.62. The fourth-order valence-electron chi connectivity index (χ4n) is 3.08. The summed E-state index contributed by atoms with van der Waals surface area (Å²) < 4.78 is 5.62. The lowest BCUT2D eigenvalue weighted by Gasteiger charge is -2.17. The Hall–Kier alpha value is -0.0800. The molecule has 0 bridgehead atoms. The standard InChI is InChI=1S/C17H35NO/c1-4-7-16-8-5-9-17(11-10-16)18-12-6-13-19-14-15(2)3/h15-18H,4-14H2,1-3H3. The molecule has 0 aromatic rings. The summed E-state index contributed by atoms with van der Waals surface area (Å²) in [5.41, 5.74) is 0. The van der Waals surface area contributed by atoms with Crippen LogP contribution in [0.4, 0.5) is 0 Å². The summed E-state index contributed by atoms with van der Waals surface area (Å²) in [4.78, 5) is 0. The molecule has 2 nitrogen and oxygen atoms in total. The minimum absolute atomic E-state index is 0.658. The lowest BCUT2D eigenvalue weighted by atomic mass is 9.95. The van der Waals surface area contributed by atoms with Crippen LogP contribution in [0.2, 0.25) is 0 Å². The highest BCUT2D eigenvalue weighted by Crippen LogP contribution is 2.26. The molecule has 0 spiro atoms. The van der Waals surface area contributed by atoms with Crippen LogP contribution in [-0.4, -0.2) is 25.8 Å². The topological polar surface area (TPSA) is 21.3 Å². The number of nitrogens with one attached hydrogen (secondary N) is 1. The minimum atomic E-state index is 0.658. The molecular weight excluding hydrogens is 234 g/mol. The summed E-state index contributed by atoms with van der Waals surface area (Å²) in [5.74, 6) is 1.66. The lowest BCUT2D eigenvalue weighted by molar-refractivity contribution is 0.107. The van der Waals surface area contributed by atoms with Crippen molar-refractivity contribution in [3.05, 3.63) is 0 Å². The van der Waals surface area contributed by atoms with Gasteiger partial charge in [-0.05, 0) is 44.1 Å². The van der Waals surface area contributed by atoms with Gasteiger partial charge in [0.2, 0.25) is 0 Å². The van der Waals surface area contributed by atoms with Crippen LogP contribution in [0.5, 0.6) is 0 Å². The van der Waals surface area contributed by atoms with E-state index in [9.17, 15) is 0 Å². The Morgan fingerprint density at radius 2 is 2.00 bits per heavy atom. The van der Waals surface area contributed by atoms with Crippen LogP contribution >= 0.6 is 0 Å². The van der Waals surface area contributed by atoms with E-state index in [0.29, 0.717) is 5.92 Å². The molecule has 1 aliphatic rings. The van der Waals surface area contributed by atoms with Crippen LogP contribution in [0.25, 0.3) is 0 Å². The summed E-state index contributed by atoms with van der Waals surface area (Å²) >= 11 is 0. The molecule has 0 saturated heterocycles. The molecule has 19 heavy (non-hydrogen) atoms. The minimum Gasteiger partial charge on any atom is -0.381 e. The van der Waals surface area contributed by atoms with Gasteiger partial charge in [0, 0.05) is 19.3 Å². The van der Waals surface area contributed by atoms with Gasteiger partial charge in [0.25, 0.3) is 0 Å². The molecule has 1 fully saturated rings.